The molecule has 24 heavy (non-hydrogen) atoms. The molecule has 0 unspecified atom stereocenters. The van der Waals surface area contributed by atoms with Gasteiger partial charge >= 0.3 is 5.97 Å². The lowest BCUT2D eigenvalue weighted by Gasteiger charge is -2.09. The van der Waals surface area contributed by atoms with Crippen LogP contribution in [0.5, 0.6) is 11.5 Å². The highest BCUT2D eigenvalue weighted by Crippen LogP contribution is 2.32. The molecule has 0 aliphatic rings. The molecule has 2 rings (SSSR count). The average molecular weight is 350 g/mol. The second-order valence-electron chi connectivity index (χ2n) is 4.57. The van der Waals surface area contributed by atoms with E-state index in [1.807, 2.05) is 13.8 Å². The van der Waals surface area contributed by atoms with Gasteiger partial charge in [0.05, 0.1) is 13.7 Å². The number of methoxy groups -OCH3 is 1. The van der Waals surface area contributed by atoms with Crippen LogP contribution in [-0.2, 0) is 11.2 Å². The first kappa shape index (κ1) is 17.9. The minimum atomic E-state index is -1.08. The maximum absolute atomic E-state index is 11.5. The van der Waals surface area contributed by atoms with E-state index in [0.717, 1.165) is 11.8 Å². The molecule has 1 N–H and O–H groups in total. The van der Waals surface area contributed by atoms with Crippen molar-refractivity contribution in [1.29, 1.82) is 0 Å². The largest absolute Gasteiger partial charge is 0.493 e. The van der Waals surface area contributed by atoms with E-state index in [2.05, 4.69) is 10.2 Å². The first-order valence-corrected chi connectivity index (χ1v) is 8.15. The molecule has 0 fully saturated rings. The zero-order valence-corrected chi connectivity index (χ0v) is 14.4. The molecule has 1 heterocycles. The Balaban J connectivity index is 2.28. The van der Waals surface area contributed by atoms with E-state index in [9.17, 15) is 9.90 Å². The second kappa shape index (κ2) is 8.39. The molecule has 7 nitrogen and oxygen atoms in total. The van der Waals surface area contributed by atoms with Crippen LogP contribution in [-0.4, -0.2) is 35.0 Å². The van der Waals surface area contributed by atoms with Crippen LogP contribution in [0.3, 0.4) is 0 Å². The van der Waals surface area contributed by atoms with Crippen LogP contribution in [0.15, 0.2) is 32.7 Å². The molecular weight excluding hydrogens is 332 g/mol. The van der Waals surface area contributed by atoms with Crippen molar-refractivity contribution < 1.29 is 23.8 Å². The maximum Gasteiger partial charge on any atom is 0.342 e. The van der Waals surface area contributed by atoms with Gasteiger partial charge in [-0.15, -0.1) is 10.2 Å². The van der Waals surface area contributed by atoms with Gasteiger partial charge in [0.15, 0.2) is 11.5 Å². The lowest BCUT2D eigenvalue weighted by Crippen LogP contribution is -1.98. The number of ether oxygens (including phenoxy) is 2. The number of aliphatic carboxylic acids is 1. The number of rotatable bonds is 8. The molecule has 0 aliphatic carbocycles. The summed E-state index contributed by atoms with van der Waals surface area (Å²) in [6.45, 7) is 4.27. The highest BCUT2D eigenvalue weighted by atomic mass is 32.2. The first-order valence-electron chi connectivity index (χ1n) is 7.33. The van der Waals surface area contributed by atoms with Gasteiger partial charge in [-0.2, -0.15) is 0 Å². The van der Waals surface area contributed by atoms with Crippen LogP contribution in [0, 0.1) is 0 Å². The lowest BCUT2D eigenvalue weighted by atomic mass is 10.2. The van der Waals surface area contributed by atoms with Gasteiger partial charge in [-0.05, 0) is 42.5 Å². The highest BCUT2D eigenvalue weighted by Gasteiger charge is 2.15. The summed E-state index contributed by atoms with van der Waals surface area (Å²) >= 11 is 0.905. The smallest absolute Gasteiger partial charge is 0.342 e. The van der Waals surface area contributed by atoms with Crippen LogP contribution in [0.4, 0.5) is 0 Å². The number of nitrogens with zero attached hydrogens (tertiary/aromatic N) is 2. The summed E-state index contributed by atoms with van der Waals surface area (Å²) < 4.78 is 16.1. The van der Waals surface area contributed by atoms with E-state index >= 15 is 0 Å². The number of benzene rings is 1. The maximum atomic E-state index is 11.5. The Morgan fingerprint density at radius 3 is 2.71 bits per heavy atom. The quantitative estimate of drug-likeness (QED) is 0.572. The van der Waals surface area contributed by atoms with E-state index in [1.165, 1.54) is 13.2 Å². The van der Waals surface area contributed by atoms with E-state index in [1.54, 1.807) is 18.2 Å². The standard InChI is InChI=1S/C16H18N2O5S/c1-4-14-17-18-16(23-14)24-13(15(19)20)9-10-6-7-11(22-5-2)12(8-10)21-3/h6-9H,4-5H2,1-3H3,(H,19,20)/b13-9-. The van der Waals surface area contributed by atoms with Crippen molar-refractivity contribution in [2.75, 3.05) is 13.7 Å². The summed E-state index contributed by atoms with van der Waals surface area (Å²) in [5.41, 5.74) is 0.662. The van der Waals surface area contributed by atoms with Crippen molar-refractivity contribution in [2.45, 2.75) is 25.5 Å². The minimum Gasteiger partial charge on any atom is -0.493 e. The average Bonchev–Trinajstić information content (AvgIpc) is 3.03. The number of hydrogen-bond acceptors (Lipinski definition) is 7. The number of carbonyl (C=O) groups is 1. The van der Waals surface area contributed by atoms with Crippen LogP contribution < -0.4 is 9.47 Å². The van der Waals surface area contributed by atoms with Gasteiger partial charge in [0.1, 0.15) is 4.91 Å². The van der Waals surface area contributed by atoms with Gasteiger partial charge in [0.25, 0.3) is 5.22 Å². The first-order chi connectivity index (χ1) is 11.6. The molecule has 1 aromatic carbocycles. The van der Waals surface area contributed by atoms with Crippen molar-refractivity contribution in [2.24, 2.45) is 0 Å². The summed E-state index contributed by atoms with van der Waals surface area (Å²) in [5, 5.41) is 17.2. The minimum absolute atomic E-state index is 0.0625. The van der Waals surface area contributed by atoms with Crippen molar-refractivity contribution in [3.8, 4) is 11.5 Å². The van der Waals surface area contributed by atoms with Crippen LogP contribution in [0.2, 0.25) is 0 Å². The summed E-state index contributed by atoms with van der Waals surface area (Å²) in [5.74, 6) is 0.520. The zero-order valence-electron chi connectivity index (χ0n) is 13.6. The SMILES string of the molecule is CCOc1ccc(/C=C(\Sc2nnc(CC)o2)C(=O)O)cc1OC. The molecule has 128 valence electrons. The molecule has 0 amide bonds. The Labute approximate surface area is 143 Å². The van der Waals surface area contributed by atoms with Gasteiger partial charge in [0.2, 0.25) is 5.89 Å². The Hall–Kier alpha value is -2.48. The third-order valence-corrected chi connectivity index (χ3v) is 3.80. The Kier molecular flexibility index (Phi) is 6.25. The molecule has 0 atom stereocenters. The van der Waals surface area contributed by atoms with Crippen molar-refractivity contribution in [1.82, 2.24) is 10.2 Å². The normalized spacial score (nSPS) is 11.4. The van der Waals surface area contributed by atoms with E-state index < -0.39 is 5.97 Å². The lowest BCUT2D eigenvalue weighted by molar-refractivity contribution is -0.131. The number of carboxylic acid groups (broad SMARTS) is 1. The zero-order chi connectivity index (χ0) is 17.5. The summed E-state index contributed by atoms with van der Waals surface area (Å²) in [6, 6.07) is 5.20. The summed E-state index contributed by atoms with van der Waals surface area (Å²) in [4.78, 5) is 11.5. The predicted octanol–water partition coefficient (Wildman–Crippen LogP) is 3.26. The van der Waals surface area contributed by atoms with Gasteiger partial charge in [-0.25, -0.2) is 4.79 Å². The van der Waals surface area contributed by atoms with E-state index in [4.69, 9.17) is 13.9 Å². The molecule has 8 heteroatoms. The fourth-order valence-corrected chi connectivity index (χ4v) is 2.54. The fraction of sp³-hybridized carbons (Fsp3) is 0.312. The molecular formula is C16H18N2O5S. The number of carboxylic acids is 1. The molecule has 2 aromatic rings. The molecule has 0 radical (unpaired) electrons. The molecule has 0 bridgehead atoms. The van der Waals surface area contributed by atoms with Gasteiger partial charge in [-0.1, -0.05) is 13.0 Å². The Morgan fingerprint density at radius 2 is 2.12 bits per heavy atom. The van der Waals surface area contributed by atoms with Crippen molar-refractivity contribution in [3.05, 3.63) is 34.6 Å². The third-order valence-electron chi connectivity index (χ3n) is 2.94. The number of aromatic nitrogens is 2. The van der Waals surface area contributed by atoms with Crippen LogP contribution >= 0.6 is 11.8 Å². The molecule has 0 spiro atoms. The molecule has 0 saturated carbocycles. The molecule has 1 aromatic heterocycles. The number of aryl methyl sites for hydroxylation is 1. The van der Waals surface area contributed by atoms with Crippen LogP contribution in [0.1, 0.15) is 25.3 Å². The third kappa shape index (κ3) is 4.51. The van der Waals surface area contributed by atoms with Crippen LogP contribution in [0.25, 0.3) is 6.08 Å². The topological polar surface area (TPSA) is 94.7 Å². The fourth-order valence-electron chi connectivity index (χ4n) is 1.85. The van der Waals surface area contributed by atoms with Gasteiger partial charge in [0, 0.05) is 6.42 Å². The van der Waals surface area contributed by atoms with Gasteiger partial charge < -0.3 is 19.0 Å². The van der Waals surface area contributed by atoms with E-state index in [0.29, 0.717) is 36.0 Å². The monoisotopic (exact) mass is 350 g/mol. The van der Waals surface area contributed by atoms with Crippen molar-refractivity contribution >= 4 is 23.8 Å². The summed E-state index contributed by atoms with van der Waals surface area (Å²) in [6.07, 6.45) is 2.11. The molecule has 0 saturated heterocycles. The highest BCUT2D eigenvalue weighted by molar-refractivity contribution is 8.03. The van der Waals surface area contributed by atoms with Gasteiger partial charge in [-0.3, -0.25) is 0 Å². The Bertz CT molecular complexity index is 742. The second-order valence-corrected chi connectivity index (χ2v) is 5.57. The molecule has 0 aliphatic heterocycles. The number of hydrogen-bond donors (Lipinski definition) is 1. The van der Waals surface area contributed by atoms with E-state index in [-0.39, 0.29) is 10.1 Å². The van der Waals surface area contributed by atoms with Crippen molar-refractivity contribution in [3.63, 3.8) is 0 Å². The summed E-state index contributed by atoms with van der Waals surface area (Å²) in [7, 11) is 1.53. The predicted molar refractivity (Wildman–Crippen MR) is 89.3 cm³/mol. The Morgan fingerprint density at radius 1 is 1.33 bits per heavy atom. The number of thioether (sulfide) groups is 1.